The molecule has 0 bridgehead atoms. The lowest BCUT2D eigenvalue weighted by molar-refractivity contribution is 0.509. The van der Waals surface area contributed by atoms with Gasteiger partial charge in [0.2, 0.25) is 0 Å². The summed E-state index contributed by atoms with van der Waals surface area (Å²) in [5, 5.41) is 0. The van der Waals surface area contributed by atoms with Crippen molar-refractivity contribution in [3.8, 4) is 22.3 Å². The zero-order valence-electron chi connectivity index (χ0n) is 11.3. The van der Waals surface area contributed by atoms with Crippen LogP contribution in [0.2, 0.25) is 0 Å². The lowest BCUT2D eigenvalue weighted by Gasteiger charge is -2.08. The van der Waals surface area contributed by atoms with Gasteiger partial charge in [-0.2, -0.15) is 0 Å². The molecule has 3 aromatic carbocycles. The Bertz CT molecular complexity index is 840. The molecule has 110 valence electrons. The van der Waals surface area contributed by atoms with E-state index in [4.69, 9.17) is 0 Å². The fourth-order valence-electron chi connectivity index (χ4n) is 2.28. The Morgan fingerprint density at radius 1 is 0.455 bits per heavy atom. The Morgan fingerprint density at radius 3 is 1.68 bits per heavy atom. The predicted octanol–water partition coefficient (Wildman–Crippen LogP) is 5.58. The fraction of sp³-hybridized carbons (Fsp3) is 0. The second kappa shape index (κ2) is 5.64. The van der Waals surface area contributed by atoms with Crippen LogP contribution in [0.4, 0.5) is 17.6 Å². The van der Waals surface area contributed by atoms with Crippen LogP contribution in [0.3, 0.4) is 0 Å². The van der Waals surface area contributed by atoms with Gasteiger partial charge in [-0.15, -0.1) is 0 Å². The molecule has 0 aliphatic rings. The van der Waals surface area contributed by atoms with Crippen LogP contribution in [0.25, 0.3) is 22.3 Å². The second-order valence-electron chi connectivity index (χ2n) is 4.80. The molecule has 0 heterocycles. The SMILES string of the molecule is Fc1ccc(-c2ccc(-c3ccccc3F)cc2F)cc1F. The molecule has 0 atom stereocenters. The Balaban J connectivity index is 2.06. The van der Waals surface area contributed by atoms with Crippen molar-refractivity contribution in [2.24, 2.45) is 0 Å². The minimum Gasteiger partial charge on any atom is -0.206 e. The van der Waals surface area contributed by atoms with Gasteiger partial charge in [0.05, 0.1) is 0 Å². The Kier molecular flexibility index (Phi) is 3.67. The van der Waals surface area contributed by atoms with Crippen LogP contribution in [-0.4, -0.2) is 0 Å². The first-order chi connectivity index (χ1) is 10.6. The molecule has 0 aliphatic carbocycles. The van der Waals surface area contributed by atoms with Crippen molar-refractivity contribution < 1.29 is 17.6 Å². The maximum atomic E-state index is 14.2. The number of halogens is 4. The number of hydrogen-bond acceptors (Lipinski definition) is 0. The van der Waals surface area contributed by atoms with Gasteiger partial charge in [0.1, 0.15) is 11.6 Å². The van der Waals surface area contributed by atoms with Gasteiger partial charge >= 0.3 is 0 Å². The molecule has 0 amide bonds. The molecule has 3 aromatic rings. The molecule has 0 fully saturated rings. The first-order valence-electron chi connectivity index (χ1n) is 6.56. The molecule has 4 heteroatoms. The monoisotopic (exact) mass is 302 g/mol. The quantitative estimate of drug-likeness (QED) is 0.542. The van der Waals surface area contributed by atoms with Gasteiger partial charge < -0.3 is 0 Å². The van der Waals surface area contributed by atoms with Crippen molar-refractivity contribution in [2.45, 2.75) is 0 Å². The van der Waals surface area contributed by atoms with E-state index < -0.39 is 23.3 Å². The molecule has 0 saturated heterocycles. The molecule has 0 spiro atoms. The summed E-state index contributed by atoms with van der Waals surface area (Å²) in [6.07, 6.45) is 0. The third-order valence-corrected chi connectivity index (χ3v) is 3.38. The molecule has 0 N–H and O–H groups in total. The van der Waals surface area contributed by atoms with Gasteiger partial charge in [-0.3, -0.25) is 0 Å². The van der Waals surface area contributed by atoms with E-state index in [2.05, 4.69) is 0 Å². The first kappa shape index (κ1) is 14.3. The smallest absolute Gasteiger partial charge is 0.159 e. The van der Waals surface area contributed by atoms with E-state index in [9.17, 15) is 17.6 Å². The van der Waals surface area contributed by atoms with Crippen LogP contribution < -0.4 is 0 Å². The van der Waals surface area contributed by atoms with Crippen LogP contribution in [-0.2, 0) is 0 Å². The summed E-state index contributed by atoms with van der Waals surface area (Å²) in [6.45, 7) is 0. The van der Waals surface area contributed by atoms with Gasteiger partial charge in [0, 0.05) is 11.1 Å². The summed E-state index contributed by atoms with van der Waals surface area (Å²) in [5.41, 5.74) is 0.996. The molecule has 0 radical (unpaired) electrons. The molecule has 0 aromatic heterocycles. The standard InChI is InChI=1S/C18H10F4/c19-15-4-2-1-3-13(15)11-5-7-14(17(21)9-11)12-6-8-16(20)18(22)10-12/h1-10H. The predicted molar refractivity (Wildman–Crippen MR) is 77.1 cm³/mol. The van der Waals surface area contributed by atoms with Crippen LogP contribution in [0, 0.1) is 23.3 Å². The van der Waals surface area contributed by atoms with E-state index in [1.165, 1.54) is 30.3 Å². The molecule has 0 nitrogen and oxygen atoms in total. The highest BCUT2D eigenvalue weighted by atomic mass is 19.2. The molecule has 22 heavy (non-hydrogen) atoms. The van der Waals surface area contributed by atoms with Crippen LogP contribution in [0.15, 0.2) is 60.7 Å². The summed E-state index contributed by atoms with van der Waals surface area (Å²) in [5.74, 6) is -3.13. The van der Waals surface area contributed by atoms with Crippen molar-refractivity contribution in [1.29, 1.82) is 0 Å². The third kappa shape index (κ3) is 2.60. The minimum absolute atomic E-state index is 0.124. The normalized spacial score (nSPS) is 10.7. The summed E-state index contributed by atoms with van der Waals surface area (Å²) in [7, 11) is 0. The average molecular weight is 302 g/mol. The molecule has 0 unspecified atom stereocenters. The summed E-state index contributed by atoms with van der Waals surface area (Å²) in [6, 6.07) is 13.3. The van der Waals surface area contributed by atoms with Crippen LogP contribution in [0.5, 0.6) is 0 Å². The van der Waals surface area contributed by atoms with Crippen LogP contribution in [0.1, 0.15) is 0 Å². The zero-order valence-corrected chi connectivity index (χ0v) is 11.3. The van der Waals surface area contributed by atoms with Gasteiger partial charge in [-0.1, -0.05) is 36.4 Å². The fourth-order valence-corrected chi connectivity index (χ4v) is 2.28. The van der Waals surface area contributed by atoms with E-state index in [-0.39, 0.29) is 16.7 Å². The van der Waals surface area contributed by atoms with E-state index in [0.717, 1.165) is 12.1 Å². The first-order valence-corrected chi connectivity index (χ1v) is 6.56. The summed E-state index contributed by atoms with van der Waals surface area (Å²) >= 11 is 0. The number of hydrogen-bond donors (Lipinski definition) is 0. The Morgan fingerprint density at radius 2 is 1.05 bits per heavy atom. The van der Waals surface area contributed by atoms with Gasteiger partial charge in [0.15, 0.2) is 11.6 Å². The van der Waals surface area contributed by atoms with Gasteiger partial charge in [-0.05, 0) is 35.4 Å². The molecular formula is C18H10F4. The topological polar surface area (TPSA) is 0 Å². The lowest BCUT2D eigenvalue weighted by Crippen LogP contribution is -1.90. The van der Waals surface area contributed by atoms with Gasteiger partial charge in [-0.25, -0.2) is 17.6 Å². The Labute approximate surface area is 124 Å². The molecule has 0 aliphatic heterocycles. The summed E-state index contributed by atoms with van der Waals surface area (Å²) in [4.78, 5) is 0. The van der Waals surface area contributed by atoms with Crippen molar-refractivity contribution in [3.05, 3.63) is 83.9 Å². The maximum absolute atomic E-state index is 14.2. The average Bonchev–Trinajstić information content (AvgIpc) is 2.50. The minimum atomic E-state index is -1.05. The van der Waals surface area contributed by atoms with E-state index in [1.54, 1.807) is 18.2 Å². The van der Waals surface area contributed by atoms with E-state index >= 15 is 0 Å². The van der Waals surface area contributed by atoms with E-state index in [0.29, 0.717) is 5.56 Å². The number of benzene rings is 3. The summed E-state index contributed by atoms with van der Waals surface area (Å²) < 4.78 is 54.1. The highest BCUT2D eigenvalue weighted by Gasteiger charge is 2.11. The third-order valence-electron chi connectivity index (χ3n) is 3.38. The van der Waals surface area contributed by atoms with Crippen molar-refractivity contribution in [1.82, 2.24) is 0 Å². The molecule has 3 rings (SSSR count). The largest absolute Gasteiger partial charge is 0.206 e. The Hall–Kier alpha value is -2.62. The van der Waals surface area contributed by atoms with Crippen molar-refractivity contribution in [2.75, 3.05) is 0 Å². The van der Waals surface area contributed by atoms with Crippen molar-refractivity contribution in [3.63, 3.8) is 0 Å². The lowest BCUT2D eigenvalue weighted by atomic mass is 9.99. The highest BCUT2D eigenvalue weighted by Crippen LogP contribution is 2.29. The van der Waals surface area contributed by atoms with Gasteiger partial charge in [0.25, 0.3) is 0 Å². The second-order valence-corrected chi connectivity index (χ2v) is 4.80. The zero-order chi connectivity index (χ0) is 15.7. The van der Waals surface area contributed by atoms with E-state index in [1.807, 2.05) is 0 Å². The van der Waals surface area contributed by atoms with Crippen molar-refractivity contribution >= 4 is 0 Å². The highest BCUT2D eigenvalue weighted by molar-refractivity contribution is 5.71. The number of rotatable bonds is 2. The van der Waals surface area contributed by atoms with Crippen LogP contribution >= 0.6 is 0 Å². The molecule has 0 saturated carbocycles. The molecular weight excluding hydrogens is 292 g/mol. The maximum Gasteiger partial charge on any atom is 0.159 e.